The number of halogens is 1. The van der Waals surface area contributed by atoms with E-state index in [1.165, 1.54) is 11.3 Å². The Morgan fingerprint density at radius 3 is 2.76 bits per heavy atom. The number of hydrogen-bond acceptors (Lipinski definition) is 6. The molecule has 2 heterocycles. The minimum atomic E-state index is -0.0745. The normalized spacial score (nSPS) is 11.6. The minimum absolute atomic E-state index is 0.0745. The summed E-state index contributed by atoms with van der Waals surface area (Å²) in [5.74, 6) is -0.0745. The first-order chi connectivity index (χ1) is 14.0. The van der Waals surface area contributed by atoms with Crippen LogP contribution in [0, 0.1) is 0 Å². The van der Waals surface area contributed by atoms with Gasteiger partial charge in [0.1, 0.15) is 17.6 Å². The Hall–Kier alpha value is -2.55. The lowest BCUT2D eigenvalue weighted by molar-refractivity contribution is -0.119. The summed E-state index contributed by atoms with van der Waals surface area (Å²) in [6.07, 6.45) is 0.834. The predicted molar refractivity (Wildman–Crippen MR) is 118 cm³/mol. The number of nitrogens with zero attached hydrogens (tertiary/aromatic N) is 6. The highest BCUT2D eigenvalue weighted by molar-refractivity contribution is 7.22. The molecule has 0 saturated heterocycles. The average molecular weight is 429 g/mol. The van der Waals surface area contributed by atoms with Crippen LogP contribution < -0.4 is 4.90 Å². The van der Waals surface area contributed by atoms with Crippen molar-refractivity contribution in [2.24, 2.45) is 0 Å². The number of fused-ring (bicyclic) bond motifs is 2. The number of amides is 1. The van der Waals surface area contributed by atoms with Gasteiger partial charge in [-0.3, -0.25) is 9.69 Å². The molecular formula is C20H21ClN6OS. The van der Waals surface area contributed by atoms with Gasteiger partial charge in [-0.25, -0.2) is 9.67 Å². The predicted octanol–water partition coefficient (Wildman–Crippen LogP) is 3.68. The molecule has 0 aliphatic carbocycles. The number of anilines is 1. The molecule has 4 rings (SSSR count). The van der Waals surface area contributed by atoms with Gasteiger partial charge in [0.15, 0.2) is 5.13 Å². The second-order valence-electron chi connectivity index (χ2n) is 7.02. The van der Waals surface area contributed by atoms with E-state index in [-0.39, 0.29) is 12.5 Å². The monoisotopic (exact) mass is 428 g/mol. The van der Waals surface area contributed by atoms with E-state index in [4.69, 9.17) is 11.6 Å². The number of thiazole rings is 1. The Morgan fingerprint density at radius 1 is 1.14 bits per heavy atom. The number of rotatable bonds is 7. The quantitative estimate of drug-likeness (QED) is 0.449. The third-order valence-electron chi connectivity index (χ3n) is 4.58. The van der Waals surface area contributed by atoms with Gasteiger partial charge in [-0.1, -0.05) is 46.4 Å². The molecule has 1 amide bonds. The average Bonchev–Trinajstić information content (AvgIpc) is 3.30. The smallest absolute Gasteiger partial charge is 0.250 e. The molecule has 4 aromatic rings. The summed E-state index contributed by atoms with van der Waals surface area (Å²) in [5, 5.41) is 9.53. The molecule has 0 fully saturated rings. The van der Waals surface area contributed by atoms with Crippen LogP contribution in [0.2, 0.25) is 5.02 Å². The van der Waals surface area contributed by atoms with Gasteiger partial charge in [-0.05, 0) is 51.3 Å². The SMILES string of the molecule is CN(C)CCCN(C(=O)Cn1nnc2ccccc21)c1nc2c(Cl)cccc2s1. The van der Waals surface area contributed by atoms with Gasteiger partial charge in [0, 0.05) is 6.54 Å². The molecule has 0 aliphatic rings. The van der Waals surface area contributed by atoms with Crippen molar-refractivity contribution in [3.8, 4) is 0 Å². The zero-order valence-electron chi connectivity index (χ0n) is 16.2. The van der Waals surface area contributed by atoms with Gasteiger partial charge in [0.25, 0.3) is 5.91 Å². The van der Waals surface area contributed by atoms with Crippen molar-refractivity contribution in [1.29, 1.82) is 0 Å². The number of carbonyl (C=O) groups excluding carboxylic acids is 1. The lowest BCUT2D eigenvalue weighted by Gasteiger charge is -2.21. The highest BCUT2D eigenvalue weighted by Crippen LogP contribution is 2.33. The van der Waals surface area contributed by atoms with E-state index in [9.17, 15) is 4.79 Å². The first kappa shape index (κ1) is 19.8. The molecule has 0 N–H and O–H groups in total. The van der Waals surface area contributed by atoms with Crippen LogP contribution in [0.3, 0.4) is 0 Å². The van der Waals surface area contributed by atoms with Crippen LogP contribution in [0.25, 0.3) is 21.3 Å². The summed E-state index contributed by atoms with van der Waals surface area (Å²) in [4.78, 5) is 21.7. The molecular weight excluding hydrogens is 408 g/mol. The summed E-state index contributed by atoms with van der Waals surface area (Å²) in [6.45, 7) is 1.55. The van der Waals surface area contributed by atoms with Crippen molar-refractivity contribution in [3.05, 3.63) is 47.5 Å². The highest BCUT2D eigenvalue weighted by Gasteiger charge is 2.22. The summed E-state index contributed by atoms with van der Waals surface area (Å²) < 4.78 is 2.60. The first-order valence-corrected chi connectivity index (χ1v) is 10.5. The molecule has 0 unspecified atom stereocenters. The van der Waals surface area contributed by atoms with Gasteiger partial charge in [0.05, 0.1) is 15.2 Å². The first-order valence-electron chi connectivity index (χ1n) is 9.31. The van der Waals surface area contributed by atoms with Crippen molar-refractivity contribution in [3.63, 3.8) is 0 Å². The maximum atomic E-state index is 13.2. The number of hydrogen-bond donors (Lipinski definition) is 0. The Kier molecular flexibility index (Phi) is 5.75. The molecule has 0 atom stereocenters. The van der Waals surface area contributed by atoms with Gasteiger partial charge in [0.2, 0.25) is 0 Å². The summed E-state index contributed by atoms with van der Waals surface area (Å²) in [7, 11) is 4.04. The van der Waals surface area contributed by atoms with E-state index < -0.39 is 0 Å². The van der Waals surface area contributed by atoms with E-state index in [2.05, 4.69) is 20.2 Å². The van der Waals surface area contributed by atoms with Crippen molar-refractivity contribution in [2.75, 3.05) is 32.1 Å². The summed E-state index contributed by atoms with van der Waals surface area (Å²) >= 11 is 7.77. The fraction of sp³-hybridized carbons (Fsp3) is 0.300. The Morgan fingerprint density at radius 2 is 1.97 bits per heavy atom. The Labute approximate surface area is 177 Å². The van der Waals surface area contributed by atoms with Crippen LogP contribution in [-0.2, 0) is 11.3 Å². The number of carbonyl (C=O) groups is 1. The molecule has 150 valence electrons. The summed E-state index contributed by atoms with van der Waals surface area (Å²) in [6, 6.07) is 13.3. The van der Waals surface area contributed by atoms with Crippen LogP contribution in [0.5, 0.6) is 0 Å². The van der Waals surface area contributed by atoms with E-state index in [0.29, 0.717) is 16.7 Å². The second kappa shape index (κ2) is 8.44. The van der Waals surface area contributed by atoms with Crippen LogP contribution in [0.1, 0.15) is 6.42 Å². The molecule has 0 spiro atoms. The standard InChI is InChI=1S/C20H21ClN6OS/c1-25(2)11-6-12-26(20-22-19-14(21)7-5-10-17(19)29-20)18(28)13-27-16-9-4-3-8-15(16)23-24-27/h3-5,7-10H,6,11-13H2,1-2H3. The molecule has 0 bridgehead atoms. The van der Waals surface area contributed by atoms with Gasteiger partial charge in [-0.15, -0.1) is 5.10 Å². The van der Waals surface area contributed by atoms with Crippen LogP contribution >= 0.6 is 22.9 Å². The maximum absolute atomic E-state index is 13.2. The van der Waals surface area contributed by atoms with Crippen molar-refractivity contribution >= 4 is 55.2 Å². The largest absolute Gasteiger partial charge is 0.309 e. The zero-order valence-corrected chi connectivity index (χ0v) is 17.8. The second-order valence-corrected chi connectivity index (χ2v) is 8.44. The van der Waals surface area contributed by atoms with Gasteiger partial charge >= 0.3 is 0 Å². The molecule has 2 aromatic heterocycles. The Bertz CT molecular complexity index is 1150. The van der Waals surface area contributed by atoms with Crippen LogP contribution in [0.4, 0.5) is 5.13 Å². The van der Waals surface area contributed by atoms with E-state index >= 15 is 0 Å². The summed E-state index contributed by atoms with van der Waals surface area (Å²) in [5.41, 5.74) is 2.33. The van der Waals surface area contributed by atoms with Crippen molar-refractivity contribution < 1.29 is 4.79 Å². The van der Waals surface area contributed by atoms with Crippen molar-refractivity contribution in [1.82, 2.24) is 24.9 Å². The Balaban J connectivity index is 1.63. The molecule has 29 heavy (non-hydrogen) atoms. The lowest BCUT2D eigenvalue weighted by atomic mass is 10.3. The van der Waals surface area contributed by atoms with E-state index in [0.717, 1.165) is 34.2 Å². The van der Waals surface area contributed by atoms with E-state index in [1.807, 2.05) is 56.6 Å². The molecule has 0 aliphatic heterocycles. The molecule has 7 nitrogen and oxygen atoms in total. The minimum Gasteiger partial charge on any atom is -0.309 e. The third-order valence-corrected chi connectivity index (χ3v) is 5.93. The topological polar surface area (TPSA) is 67.2 Å². The fourth-order valence-corrected chi connectivity index (χ4v) is 4.45. The zero-order chi connectivity index (χ0) is 20.4. The number of para-hydroxylation sites is 2. The van der Waals surface area contributed by atoms with Gasteiger partial charge in [-0.2, -0.15) is 0 Å². The van der Waals surface area contributed by atoms with Crippen LogP contribution in [0.15, 0.2) is 42.5 Å². The third kappa shape index (κ3) is 4.24. The van der Waals surface area contributed by atoms with Gasteiger partial charge < -0.3 is 4.90 Å². The van der Waals surface area contributed by atoms with Crippen molar-refractivity contribution in [2.45, 2.75) is 13.0 Å². The highest BCUT2D eigenvalue weighted by atomic mass is 35.5. The lowest BCUT2D eigenvalue weighted by Crippen LogP contribution is -2.36. The molecule has 2 aromatic carbocycles. The molecule has 9 heteroatoms. The number of benzene rings is 2. The molecule has 0 radical (unpaired) electrons. The maximum Gasteiger partial charge on any atom is 0.250 e. The van der Waals surface area contributed by atoms with Crippen LogP contribution in [-0.4, -0.2) is 58.0 Å². The fourth-order valence-electron chi connectivity index (χ4n) is 3.14. The van der Waals surface area contributed by atoms with E-state index in [1.54, 1.807) is 9.58 Å². The molecule has 0 saturated carbocycles. The number of aromatic nitrogens is 4.